The number of rotatable bonds is 2. The zero-order valence-electron chi connectivity index (χ0n) is 6.47. The number of hydrogen-bond donors (Lipinski definition) is 1. The lowest BCUT2D eigenvalue weighted by Gasteiger charge is -2.15. The Kier molecular flexibility index (Phi) is 2.18. The molecule has 1 N–H and O–H groups in total. The van der Waals surface area contributed by atoms with E-state index in [9.17, 15) is 0 Å². The van der Waals surface area contributed by atoms with Crippen molar-refractivity contribution in [3.05, 3.63) is 36.0 Å². The number of hydrazine groups is 1. The monoisotopic (exact) mass is 179 g/mol. The van der Waals surface area contributed by atoms with Gasteiger partial charge in [-0.25, -0.2) is 4.98 Å². The fraction of sp³-hybridized carbons (Fsp3) is 0.125. The SMILES string of the molecule is C1=CN(Nc2ccccn2)CS1. The molecule has 2 rings (SSSR count). The Bertz CT molecular complexity index is 273. The third kappa shape index (κ3) is 1.71. The summed E-state index contributed by atoms with van der Waals surface area (Å²) in [6, 6.07) is 5.80. The lowest BCUT2D eigenvalue weighted by atomic mass is 10.5. The van der Waals surface area contributed by atoms with Gasteiger partial charge in [-0.1, -0.05) is 6.07 Å². The van der Waals surface area contributed by atoms with Gasteiger partial charge in [0.1, 0.15) is 5.82 Å². The summed E-state index contributed by atoms with van der Waals surface area (Å²) in [6.45, 7) is 0. The van der Waals surface area contributed by atoms with Crippen molar-refractivity contribution in [2.75, 3.05) is 11.3 Å². The molecule has 0 radical (unpaired) electrons. The Morgan fingerprint density at radius 1 is 1.50 bits per heavy atom. The Balaban J connectivity index is 1.99. The van der Waals surface area contributed by atoms with E-state index in [1.54, 1.807) is 18.0 Å². The lowest BCUT2D eigenvalue weighted by molar-refractivity contribution is 0.536. The van der Waals surface area contributed by atoms with Crippen LogP contribution in [0, 0.1) is 0 Å². The van der Waals surface area contributed by atoms with Gasteiger partial charge < -0.3 is 0 Å². The van der Waals surface area contributed by atoms with Crippen LogP contribution in [0.3, 0.4) is 0 Å². The molecule has 62 valence electrons. The van der Waals surface area contributed by atoms with E-state index in [1.807, 2.05) is 29.4 Å². The van der Waals surface area contributed by atoms with Gasteiger partial charge in [0.15, 0.2) is 0 Å². The summed E-state index contributed by atoms with van der Waals surface area (Å²) in [5.41, 5.74) is 3.16. The first-order valence-corrected chi connectivity index (χ1v) is 4.72. The zero-order valence-corrected chi connectivity index (χ0v) is 7.29. The van der Waals surface area contributed by atoms with Gasteiger partial charge in [-0.05, 0) is 17.5 Å². The van der Waals surface area contributed by atoms with E-state index in [4.69, 9.17) is 0 Å². The molecule has 1 aliphatic rings. The second-order valence-corrected chi connectivity index (χ2v) is 3.24. The van der Waals surface area contributed by atoms with Crippen LogP contribution in [-0.2, 0) is 0 Å². The number of pyridine rings is 1. The molecule has 3 nitrogen and oxygen atoms in total. The Hall–Kier alpha value is -1.16. The number of nitrogens with zero attached hydrogens (tertiary/aromatic N) is 2. The maximum absolute atomic E-state index is 4.15. The molecule has 0 spiro atoms. The van der Waals surface area contributed by atoms with E-state index in [1.165, 1.54) is 0 Å². The highest BCUT2D eigenvalue weighted by molar-refractivity contribution is 8.02. The van der Waals surface area contributed by atoms with Gasteiger partial charge in [-0.15, -0.1) is 11.8 Å². The molecular formula is C8H9N3S. The van der Waals surface area contributed by atoms with Crippen LogP contribution in [0.4, 0.5) is 5.82 Å². The van der Waals surface area contributed by atoms with Crippen LogP contribution < -0.4 is 5.43 Å². The van der Waals surface area contributed by atoms with Crippen LogP contribution in [0.5, 0.6) is 0 Å². The predicted octanol–water partition coefficient (Wildman–Crippen LogP) is 1.89. The third-order valence-corrected chi connectivity index (χ3v) is 2.22. The smallest absolute Gasteiger partial charge is 0.144 e. The first kappa shape index (κ1) is 7.49. The van der Waals surface area contributed by atoms with Crippen molar-refractivity contribution in [2.45, 2.75) is 0 Å². The van der Waals surface area contributed by atoms with Crippen molar-refractivity contribution in [2.24, 2.45) is 0 Å². The highest BCUT2D eigenvalue weighted by Crippen LogP contribution is 2.15. The summed E-state index contributed by atoms with van der Waals surface area (Å²) in [6.07, 6.45) is 3.77. The summed E-state index contributed by atoms with van der Waals surface area (Å²) in [4.78, 5) is 4.15. The van der Waals surface area contributed by atoms with Crippen LogP contribution in [0.2, 0.25) is 0 Å². The molecule has 0 amide bonds. The van der Waals surface area contributed by atoms with E-state index in [0.717, 1.165) is 11.7 Å². The summed E-state index contributed by atoms with van der Waals surface area (Å²) in [7, 11) is 0. The molecule has 0 aliphatic carbocycles. The minimum absolute atomic E-state index is 0.879. The predicted molar refractivity (Wildman–Crippen MR) is 51.3 cm³/mol. The molecule has 4 heteroatoms. The van der Waals surface area contributed by atoms with E-state index < -0.39 is 0 Å². The largest absolute Gasteiger partial charge is 0.283 e. The number of hydrogen-bond acceptors (Lipinski definition) is 4. The van der Waals surface area contributed by atoms with Gasteiger partial charge in [-0.3, -0.25) is 10.4 Å². The molecular weight excluding hydrogens is 170 g/mol. The Morgan fingerprint density at radius 2 is 2.50 bits per heavy atom. The fourth-order valence-corrected chi connectivity index (χ4v) is 1.56. The van der Waals surface area contributed by atoms with E-state index in [2.05, 4.69) is 15.8 Å². The van der Waals surface area contributed by atoms with E-state index in [-0.39, 0.29) is 0 Å². The van der Waals surface area contributed by atoms with Crippen LogP contribution >= 0.6 is 11.8 Å². The van der Waals surface area contributed by atoms with Crippen molar-refractivity contribution in [3.8, 4) is 0 Å². The first-order chi connectivity index (χ1) is 5.95. The van der Waals surface area contributed by atoms with Gasteiger partial charge in [0.2, 0.25) is 0 Å². The third-order valence-electron chi connectivity index (χ3n) is 1.47. The van der Waals surface area contributed by atoms with Crippen LogP contribution in [-0.4, -0.2) is 15.9 Å². The zero-order chi connectivity index (χ0) is 8.23. The summed E-state index contributed by atoms with van der Waals surface area (Å²) >= 11 is 1.76. The molecule has 1 aromatic heterocycles. The maximum atomic E-state index is 4.15. The quantitative estimate of drug-likeness (QED) is 0.750. The molecule has 0 bridgehead atoms. The molecule has 1 aliphatic heterocycles. The Morgan fingerprint density at radius 3 is 3.17 bits per heavy atom. The van der Waals surface area contributed by atoms with Gasteiger partial charge in [0.25, 0.3) is 0 Å². The van der Waals surface area contributed by atoms with E-state index in [0.29, 0.717) is 0 Å². The standard InChI is InChI=1S/C8H9N3S/c1-2-4-9-8(3-1)10-11-5-6-12-7-11/h1-6H,7H2,(H,9,10). The minimum atomic E-state index is 0.879. The van der Waals surface area contributed by atoms with E-state index >= 15 is 0 Å². The van der Waals surface area contributed by atoms with Crippen molar-refractivity contribution in [3.63, 3.8) is 0 Å². The van der Waals surface area contributed by atoms with Crippen LogP contribution in [0.1, 0.15) is 0 Å². The fourth-order valence-electron chi connectivity index (χ4n) is 0.928. The molecule has 0 atom stereocenters. The summed E-state index contributed by atoms with van der Waals surface area (Å²) < 4.78 is 0. The highest BCUT2D eigenvalue weighted by Gasteiger charge is 2.03. The van der Waals surface area contributed by atoms with Crippen molar-refractivity contribution < 1.29 is 0 Å². The van der Waals surface area contributed by atoms with Gasteiger partial charge in [-0.2, -0.15) is 0 Å². The molecule has 2 heterocycles. The molecule has 0 saturated carbocycles. The molecule has 0 unspecified atom stereocenters. The molecule has 12 heavy (non-hydrogen) atoms. The average molecular weight is 179 g/mol. The van der Waals surface area contributed by atoms with Gasteiger partial charge >= 0.3 is 0 Å². The highest BCUT2D eigenvalue weighted by atomic mass is 32.2. The summed E-state index contributed by atoms with van der Waals surface area (Å²) in [5, 5.41) is 4.04. The maximum Gasteiger partial charge on any atom is 0.144 e. The molecule has 1 aromatic rings. The number of nitrogens with one attached hydrogen (secondary N) is 1. The molecule has 0 aromatic carbocycles. The van der Waals surface area contributed by atoms with Crippen LogP contribution in [0.15, 0.2) is 36.0 Å². The lowest BCUT2D eigenvalue weighted by Crippen LogP contribution is -2.21. The molecule has 0 fully saturated rings. The summed E-state index contributed by atoms with van der Waals surface area (Å²) in [5.74, 6) is 1.82. The molecule has 0 saturated heterocycles. The van der Waals surface area contributed by atoms with Crippen molar-refractivity contribution >= 4 is 17.6 Å². The average Bonchev–Trinajstić information content (AvgIpc) is 2.59. The second kappa shape index (κ2) is 3.49. The number of thioether (sulfide) groups is 1. The topological polar surface area (TPSA) is 28.2 Å². The van der Waals surface area contributed by atoms with Gasteiger partial charge in [0, 0.05) is 12.4 Å². The van der Waals surface area contributed by atoms with Gasteiger partial charge in [0.05, 0.1) is 5.88 Å². The number of aromatic nitrogens is 1. The van der Waals surface area contributed by atoms with Crippen molar-refractivity contribution in [1.29, 1.82) is 0 Å². The normalized spacial score (nSPS) is 15.2. The Labute approximate surface area is 75.5 Å². The minimum Gasteiger partial charge on any atom is -0.283 e. The first-order valence-electron chi connectivity index (χ1n) is 3.68. The van der Waals surface area contributed by atoms with Crippen LogP contribution in [0.25, 0.3) is 0 Å². The van der Waals surface area contributed by atoms with Crippen molar-refractivity contribution in [1.82, 2.24) is 9.99 Å². The number of anilines is 1. The second-order valence-electron chi connectivity index (χ2n) is 2.38.